The van der Waals surface area contributed by atoms with E-state index in [2.05, 4.69) is 20.4 Å². The Morgan fingerprint density at radius 3 is 2.55 bits per heavy atom. The molecule has 0 unspecified atom stereocenters. The lowest BCUT2D eigenvalue weighted by atomic mass is 10.1. The number of benzene rings is 2. The van der Waals surface area contributed by atoms with Crippen LogP contribution in [-0.2, 0) is 13.0 Å². The molecule has 182 valence electrons. The first kappa shape index (κ1) is 28.4. The van der Waals surface area contributed by atoms with E-state index in [1.807, 2.05) is 25.1 Å². The van der Waals surface area contributed by atoms with Gasteiger partial charge in [0.2, 0.25) is 0 Å². The summed E-state index contributed by atoms with van der Waals surface area (Å²) < 4.78 is 35.2. The summed E-state index contributed by atoms with van der Waals surface area (Å²) in [5.74, 6) is 1.08. The van der Waals surface area contributed by atoms with E-state index in [1.54, 1.807) is 32.3 Å². The Labute approximate surface area is 210 Å². The van der Waals surface area contributed by atoms with Crippen LogP contribution in [0.3, 0.4) is 0 Å². The van der Waals surface area contributed by atoms with Crippen molar-refractivity contribution < 1.29 is 23.0 Å². The topological polar surface area (TPSA) is 75.2 Å². The Morgan fingerprint density at radius 2 is 1.91 bits per heavy atom. The lowest BCUT2D eigenvalue weighted by Gasteiger charge is -2.14. The zero-order valence-electron chi connectivity index (χ0n) is 19.2. The second-order valence-corrected chi connectivity index (χ2v) is 7.12. The molecular weight excluding hydrogens is 545 g/mol. The van der Waals surface area contributed by atoms with Crippen LogP contribution >= 0.6 is 24.0 Å². The number of amides is 1. The molecule has 0 aliphatic rings. The number of hydrogen-bond donors (Lipinski definition) is 2. The SMILES string of the molecule is CCNC(=NCc1cc(OC)ccc1OC(F)F)NCCc1cccc(C(=O)N(C)C)c1.I. The number of nitrogens with zero attached hydrogens (tertiary/aromatic N) is 2. The van der Waals surface area contributed by atoms with Crippen molar-refractivity contribution in [3.63, 3.8) is 0 Å². The Hall–Kier alpha value is -2.63. The van der Waals surface area contributed by atoms with E-state index >= 15 is 0 Å². The zero-order valence-corrected chi connectivity index (χ0v) is 21.6. The molecule has 0 fully saturated rings. The van der Waals surface area contributed by atoms with E-state index in [0.29, 0.717) is 42.3 Å². The fourth-order valence-electron chi connectivity index (χ4n) is 2.97. The fourth-order valence-corrected chi connectivity index (χ4v) is 2.97. The van der Waals surface area contributed by atoms with Crippen LogP contribution in [0.15, 0.2) is 47.5 Å². The van der Waals surface area contributed by atoms with Crippen molar-refractivity contribution in [3.8, 4) is 11.5 Å². The van der Waals surface area contributed by atoms with Gasteiger partial charge in [0, 0.05) is 38.3 Å². The number of hydrogen-bond acceptors (Lipinski definition) is 4. The largest absolute Gasteiger partial charge is 0.497 e. The van der Waals surface area contributed by atoms with Crippen LogP contribution < -0.4 is 20.1 Å². The van der Waals surface area contributed by atoms with Gasteiger partial charge in [-0.15, -0.1) is 24.0 Å². The minimum atomic E-state index is -2.92. The molecule has 0 spiro atoms. The van der Waals surface area contributed by atoms with Crippen LogP contribution in [0.5, 0.6) is 11.5 Å². The quantitative estimate of drug-likeness (QED) is 0.255. The molecule has 0 aromatic heterocycles. The van der Waals surface area contributed by atoms with Crippen LogP contribution in [0.4, 0.5) is 8.78 Å². The summed E-state index contributed by atoms with van der Waals surface area (Å²) in [6.07, 6.45) is 0.678. The highest BCUT2D eigenvalue weighted by Crippen LogP contribution is 2.26. The average Bonchev–Trinajstić information content (AvgIpc) is 2.77. The molecule has 0 aliphatic heterocycles. The van der Waals surface area contributed by atoms with Crippen molar-refractivity contribution in [1.29, 1.82) is 0 Å². The molecule has 2 N–H and O–H groups in total. The van der Waals surface area contributed by atoms with Gasteiger partial charge in [-0.25, -0.2) is 4.99 Å². The molecule has 2 rings (SSSR count). The molecule has 33 heavy (non-hydrogen) atoms. The maximum atomic E-state index is 12.7. The van der Waals surface area contributed by atoms with Gasteiger partial charge >= 0.3 is 6.61 Å². The summed E-state index contributed by atoms with van der Waals surface area (Å²) in [5, 5.41) is 6.35. The third-order valence-corrected chi connectivity index (χ3v) is 4.52. The standard InChI is InChI=1S/C23H30F2N4O3.HI/c1-5-26-23(27-12-11-16-7-6-8-17(13-16)21(30)29(2)3)28-15-18-14-19(31-4)9-10-20(18)32-22(24)25;/h6-10,13-14,22H,5,11-12,15H2,1-4H3,(H2,26,27,28);1H. The minimum absolute atomic E-state index is 0. The van der Waals surface area contributed by atoms with E-state index < -0.39 is 6.61 Å². The minimum Gasteiger partial charge on any atom is -0.497 e. The van der Waals surface area contributed by atoms with E-state index in [-0.39, 0.29) is 42.2 Å². The van der Waals surface area contributed by atoms with Gasteiger partial charge in [-0.1, -0.05) is 12.1 Å². The molecule has 1 amide bonds. The number of carbonyl (C=O) groups excluding carboxylic acids is 1. The maximum absolute atomic E-state index is 12.7. The van der Waals surface area contributed by atoms with Crippen molar-refractivity contribution in [2.75, 3.05) is 34.3 Å². The molecule has 0 aliphatic carbocycles. The molecule has 0 atom stereocenters. The third-order valence-electron chi connectivity index (χ3n) is 4.52. The van der Waals surface area contributed by atoms with Crippen molar-refractivity contribution in [3.05, 3.63) is 59.2 Å². The number of aliphatic imine (C=N–C) groups is 1. The third kappa shape index (κ3) is 9.40. The predicted octanol–water partition coefficient (Wildman–Crippen LogP) is 3.91. The van der Waals surface area contributed by atoms with E-state index in [1.165, 1.54) is 18.1 Å². The van der Waals surface area contributed by atoms with E-state index in [9.17, 15) is 13.6 Å². The van der Waals surface area contributed by atoms with E-state index in [0.717, 1.165) is 5.56 Å². The van der Waals surface area contributed by atoms with Crippen LogP contribution in [0.1, 0.15) is 28.4 Å². The molecule has 10 heteroatoms. The highest BCUT2D eigenvalue weighted by atomic mass is 127. The lowest BCUT2D eigenvalue weighted by Crippen LogP contribution is -2.38. The Morgan fingerprint density at radius 1 is 1.15 bits per heavy atom. The van der Waals surface area contributed by atoms with Crippen LogP contribution in [-0.4, -0.2) is 57.7 Å². The molecule has 0 saturated carbocycles. The summed E-state index contributed by atoms with van der Waals surface area (Å²) in [6.45, 7) is 0.347. The number of ether oxygens (including phenoxy) is 2. The van der Waals surface area contributed by atoms with Crippen LogP contribution in [0.2, 0.25) is 0 Å². The summed E-state index contributed by atoms with van der Waals surface area (Å²) in [4.78, 5) is 18.2. The number of rotatable bonds is 10. The van der Waals surface area contributed by atoms with Gasteiger partial charge in [-0.2, -0.15) is 8.78 Å². The smallest absolute Gasteiger partial charge is 0.387 e. The zero-order chi connectivity index (χ0) is 23.5. The van der Waals surface area contributed by atoms with Gasteiger partial charge in [-0.3, -0.25) is 4.79 Å². The summed E-state index contributed by atoms with van der Waals surface area (Å²) in [7, 11) is 4.94. The van der Waals surface area contributed by atoms with Crippen molar-refractivity contribution in [2.24, 2.45) is 4.99 Å². The second-order valence-electron chi connectivity index (χ2n) is 7.12. The summed E-state index contributed by atoms with van der Waals surface area (Å²) >= 11 is 0. The number of nitrogens with one attached hydrogen (secondary N) is 2. The Bertz CT molecular complexity index is 926. The van der Waals surface area contributed by atoms with Gasteiger partial charge in [-0.05, 0) is 49.2 Å². The summed E-state index contributed by atoms with van der Waals surface area (Å²) in [6, 6.07) is 12.1. The van der Waals surface area contributed by atoms with Gasteiger partial charge < -0.3 is 25.0 Å². The summed E-state index contributed by atoms with van der Waals surface area (Å²) in [5.41, 5.74) is 2.14. The predicted molar refractivity (Wildman–Crippen MR) is 136 cm³/mol. The van der Waals surface area contributed by atoms with Gasteiger partial charge in [0.15, 0.2) is 5.96 Å². The molecule has 0 heterocycles. The molecule has 0 saturated heterocycles. The average molecular weight is 576 g/mol. The Kier molecular flexibility index (Phi) is 12.5. The van der Waals surface area contributed by atoms with Gasteiger partial charge in [0.05, 0.1) is 13.7 Å². The normalized spacial score (nSPS) is 10.9. The van der Waals surface area contributed by atoms with Crippen LogP contribution in [0.25, 0.3) is 0 Å². The van der Waals surface area contributed by atoms with E-state index in [4.69, 9.17) is 4.74 Å². The molecular formula is C23H31F2IN4O3. The molecule has 0 radical (unpaired) electrons. The first-order valence-corrected chi connectivity index (χ1v) is 10.3. The monoisotopic (exact) mass is 576 g/mol. The number of alkyl halides is 2. The highest BCUT2D eigenvalue weighted by molar-refractivity contribution is 14.0. The van der Waals surface area contributed by atoms with Gasteiger partial charge in [0.25, 0.3) is 5.91 Å². The van der Waals surface area contributed by atoms with Crippen molar-refractivity contribution in [2.45, 2.75) is 26.5 Å². The Balaban J connectivity index is 0.00000544. The number of halogens is 3. The molecule has 0 bridgehead atoms. The van der Waals surface area contributed by atoms with Crippen molar-refractivity contribution >= 4 is 35.8 Å². The first-order chi connectivity index (χ1) is 15.3. The number of methoxy groups -OCH3 is 1. The number of guanidine groups is 1. The molecule has 2 aromatic carbocycles. The molecule has 2 aromatic rings. The second kappa shape index (κ2) is 14.5. The number of carbonyl (C=O) groups is 1. The maximum Gasteiger partial charge on any atom is 0.387 e. The molecule has 7 nitrogen and oxygen atoms in total. The van der Waals surface area contributed by atoms with Crippen molar-refractivity contribution in [1.82, 2.24) is 15.5 Å². The van der Waals surface area contributed by atoms with Crippen LogP contribution in [0, 0.1) is 0 Å². The fraction of sp³-hybridized carbons (Fsp3) is 0.391. The first-order valence-electron chi connectivity index (χ1n) is 10.3. The lowest BCUT2D eigenvalue weighted by molar-refractivity contribution is -0.0504. The van der Waals surface area contributed by atoms with Gasteiger partial charge in [0.1, 0.15) is 11.5 Å². The highest BCUT2D eigenvalue weighted by Gasteiger charge is 2.12.